The van der Waals surface area contributed by atoms with Gasteiger partial charge in [0.25, 0.3) is 5.79 Å². The van der Waals surface area contributed by atoms with E-state index in [-0.39, 0.29) is 70.6 Å². The van der Waals surface area contributed by atoms with Crippen molar-refractivity contribution in [3.8, 4) is 5.75 Å². The maximum atomic E-state index is 11.8. The molecule has 0 aliphatic heterocycles. The second kappa shape index (κ2) is 61.3. The Balaban J connectivity index is -0.0000000997. The number of rotatable bonds is 11. The zero-order valence-corrected chi connectivity index (χ0v) is 30.2. The minimum atomic E-state index is -1.48. The Bertz CT molecular complexity index is 721. The Hall–Kier alpha value is -2.92. The van der Waals surface area contributed by atoms with Gasteiger partial charge < -0.3 is 9.47 Å². The highest BCUT2D eigenvalue weighted by molar-refractivity contribution is 5.87. The average molecular weight is 715 g/mol. The van der Waals surface area contributed by atoms with Crippen LogP contribution in [0.4, 0.5) is 0 Å². The molecule has 14 nitrogen and oxygen atoms in total. The summed E-state index contributed by atoms with van der Waals surface area (Å²) in [7, 11) is 0. The number of benzene rings is 1. The molecule has 1 unspecified atom stereocenters. The predicted octanol–water partition coefficient (Wildman–Crippen LogP) is 6.13. The van der Waals surface area contributed by atoms with Crippen LogP contribution in [0.1, 0.15) is 40.0 Å². The first-order valence-electron chi connectivity index (χ1n) is 14.7. The SMILES string of the molecule is C=C(C)C(=O)OCC(CCCC)(OOC(=O)C(=C)C)Oc1ccccc1.[CH2]C[O].[CH2]C[O].[CH2]C[O].[CH2]C[O].[CH2]C[O].[CH2]C[O].[CH2]C[O].[CH2]C[O]. The lowest BCUT2D eigenvalue weighted by atomic mass is 10.1. The van der Waals surface area contributed by atoms with Crippen molar-refractivity contribution in [2.24, 2.45) is 0 Å². The molecule has 50 heavy (non-hydrogen) atoms. The number of unbranched alkanes of at least 4 members (excludes halogenated alkanes) is 1. The molecule has 0 aliphatic carbocycles. The van der Waals surface area contributed by atoms with Crippen molar-refractivity contribution in [2.75, 3.05) is 59.5 Å². The van der Waals surface area contributed by atoms with Crippen LogP contribution >= 0.6 is 0 Å². The number of carbonyl (C=O) groups is 2. The van der Waals surface area contributed by atoms with E-state index < -0.39 is 17.7 Å². The van der Waals surface area contributed by atoms with Crippen LogP contribution < -0.4 is 4.74 Å². The molecule has 1 aromatic carbocycles. The van der Waals surface area contributed by atoms with Gasteiger partial charge in [-0.1, -0.05) is 44.7 Å². The normalized spacial score (nSPS) is 9.42. The first-order valence-corrected chi connectivity index (χ1v) is 14.7. The van der Waals surface area contributed by atoms with E-state index in [4.69, 9.17) is 60.1 Å². The summed E-state index contributed by atoms with van der Waals surface area (Å²) in [5.74, 6) is -2.30. The zero-order chi connectivity index (χ0) is 41.2. The van der Waals surface area contributed by atoms with Gasteiger partial charge in [0.15, 0.2) is 6.61 Å². The summed E-state index contributed by atoms with van der Waals surface area (Å²) < 4.78 is 11.2. The van der Waals surface area contributed by atoms with Crippen molar-refractivity contribution in [3.05, 3.63) is 110 Å². The summed E-state index contributed by atoms with van der Waals surface area (Å²) in [6.07, 6.45) is 1.87. The molecule has 16 radical (unpaired) electrons. The van der Waals surface area contributed by atoms with Crippen LogP contribution in [0.5, 0.6) is 5.75 Å². The van der Waals surface area contributed by atoms with Gasteiger partial charge in [-0.3, -0.25) is 4.89 Å². The van der Waals surface area contributed by atoms with Gasteiger partial charge in [0.05, 0.1) is 52.9 Å². The first kappa shape index (κ1) is 65.5. The van der Waals surface area contributed by atoms with Crippen LogP contribution in [-0.2, 0) is 65.0 Å². The minimum absolute atomic E-state index is 0.174. The quantitative estimate of drug-likeness (QED) is 0.0859. The van der Waals surface area contributed by atoms with Crippen LogP contribution in [-0.4, -0.2) is 77.2 Å². The number of ether oxygens (including phenoxy) is 2. The van der Waals surface area contributed by atoms with E-state index in [1.54, 1.807) is 24.3 Å². The van der Waals surface area contributed by atoms with E-state index in [9.17, 15) is 9.59 Å². The van der Waals surface area contributed by atoms with Crippen LogP contribution in [0.25, 0.3) is 0 Å². The van der Waals surface area contributed by atoms with E-state index in [0.29, 0.717) is 18.6 Å². The smallest absolute Gasteiger partial charge is 0.368 e. The molecule has 0 N–H and O–H groups in total. The summed E-state index contributed by atoms with van der Waals surface area (Å²) in [4.78, 5) is 33.7. The standard InChI is InChI=1S/C20H26O6.8C2H4O/c1-6-7-13-20(14-23-18(21)15(2)3,26-25-19(22)16(4)5)24-17-11-9-8-10-12-17;8*1-2-3/h8-12H,2,4,6-7,13-14H2,1,3,5H3;8*1-2H2. The molecule has 0 heterocycles. The monoisotopic (exact) mass is 714 g/mol. The van der Waals surface area contributed by atoms with Gasteiger partial charge in [-0.15, -0.1) is 4.89 Å². The third-order valence-electron chi connectivity index (χ3n) is 3.35. The molecule has 1 aromatic rings. The predicted molar refractivity (Wildman–Crippen MR) is 184 cm³/mol. The van der Waals surface area contributed by atoms with Crippen LogP contribution in [0.15, 0.2) is 54.6 Å². The molecule has 14 heteroatoms. The van der Waals surface area contributed by atoms with Gasteiger partial charge in [0.2, 0.25) is 0 Å². The van der Waals surface area contributed by atoms with Gasteiger partial charge in [-0.2, -0.15) is 0 Å². The van der Waals surface area contributed by atoms with Crippen molar-refractivity contribution >= 4 is 11.9 Å². The topological polar surface area (TPSA) is 230 Å². The highest BCUT2D eigenvalue weighted by Crippen LogP contribution is 2.26. The molecule has 286 valence electrons. The highest BCUT2D eigenvalue weighted by Gasteiger charge is 2.38. The maximum Gasteiger partial charge on any atom is 0.368 e. The Morgan fingerprint density at radius 2 is 0.920 bits per heavy atom. The highest BCUT2D eigenvalue weighted by atomic mass is 17.2. The van der Waals surface area contributed by atoms with Crippen LogP contribution in [0.3, 0.4) is 0 Å². The van der Waals surface area contributed by atoms with Gasteiger partial charge in [-0.05, 0) is 87.8 Å². The minimum Gasteiger partial charge on any atom is -0.455 e. The Morgan fingerprint density at radius 3 is 1.20 bits per heavy atom. The number of hydrogen-bond donors (Lipinski definition) is 0. The maximum absolute atomic E-state index is 11.8. The summed E-state index contributed by atoms with van der Waals surface area (Å²) in [5, 5.41) is 70.6. The van der Waals surface area contributed by atoms with Crippen LogP contribution in [0, 0.1) is 55.4 Å². The van der Waals surface area contributed by atoms with E-state index in [1.165, 1.54) is 13.8 Å². The first-order chi connectivity index (χ1) is 23.6. The fourth-order valence-electron chi connectivity index (χ4n) is 1.87. The Labute approximate surface area is 302 Å². The molecule has 1 rings (SSSR count). The summed E-state index contributed by atoms with van der Waals surface area (Å²) in [6, 6.07) is 8.87. The Morgan fingerprint density at radius 1 is 0.600 bits per heavy atom. The number of carbonyl (C=O) groups excluding carboxylic acids is 2. The van der Waals surface area contributed by atoms with E-state index in [2.05, 4.69) is 68.5 Å². The number of esters is 1. The van der Waals surface area contributed by atoms with Crippen molar-refractivity contribution in [3.63, 3.8) is 0 Å². The summed E-state index contributed by atoms with van der Waals surface area (Å²) >= 11 is 0. The van der Waals surface area contributed by atoms with Crippen molar-refractivity contribution in [2.45, 2.75) is 45.8 Å². The fraction of sp³-hybridized carbons (Fsp3) is 0.444. The molecule has 0 aromatic heterocycles. The lowest BCUT2D eigenvalue weighted by molar-refractivity contribution is -0.391. The van der Waals surface area contributed by atoms with Gasteiger partial charge in [0.1, 0.15) is 5.75 Å². The third kappa shape index (κ3) is 71.2. The van der Waals surface area contributed by atoms with Crippen molar-refractivity contribution < 1.29 is 69.7 Å². The van der Waals surface area contributed by atoms with E-state index in [1.807, 2.05) is 13.0 Å². The molecule has 0 amide bonds. The number of hydrogen-bond acceptors (Lipinski definition) is 6. The van der Waals surface area contributed by atoms with Gasteiger partial charge in [0, 0.05) is 17.6 Å². The molecule has 0 saturated carbocycles. The molecule has 0 aliphatic rings. The van der Waals surface area contributed by atoms with Crippen LogP contribution in [0.2, 0.25) is 0 Å². The van der Waals surface area contributed by atoms with Crippen molar-refractivity contribution in [1.82, 2.24) is 0 Å². The second-order valence-electron chi connectivity index (χ2n) is 7.65. The molecule has 0 bridgehead atoms. The van der Waals surface area contributed by atoms with Gasteiger partial charge in [-0.25, -0.2) is 50.4 Å². The van der Waals surface area contributed by atoms with E-state index in [0.717, 1.165) is 6.42 Å². The zero-order valence-electron chi connectivity index (χ0n) is 30.2. The molecular formula is C36H58O14. The molecule has 1 atom stereocenters. The molecule has 0 saturated heterocycles. The molecule has 0 fully saturated rings. The third-order valence-corrected chi connectivity index (χ3v) is 3.35. The summed E-state index contributed by atoms with van der Waals surface area (Å²) in [6.45, 7) is 33.3. The summed E-state index contributed by atoms with van der Waals surface area (Å²) in [5.41, 5.74) is 0.418. The molecule has 0 spiro atoms. The lowest BCUT2D eigenvalue weighted by Gasteiger charge is -2.31. The fourth-order valence-corrected chi connectivity index (χ4v) is 1.87. The Kier molecular flexibility index (Phi) is 80.3. The average Bonchev–Trinajstić information content (AvgIpc) is 3.05. The van der Waals surface area contributed by atoms with Crippen molar-refractivity contribution in [1.29, 1.82) is 0 Å². The van der Waals surface area contributed by atoms with Gasteiger partial charge >= 0.3 is 11.9 Å². The molecular weight excluding hydrogens is 656 g/mol. The second-order valence-corrected chi connectivity index (χ2v) is 7.65. The lowest BCUT2D eigenvalue weighted by Crippen LogP contribution is -2.45. The number of para-hydroxylation sites is 1. The van der Waals surface area contributed by atoms with E-state index >= 15 is 0 Å². The largest absolute Gasteiger partial charge is 0.455 e.